The Morgan fingerprint density at radius 1 is 1.31 bits per heavy atom. The van der Waals surface area contributed by atoms with E-state index in [0.717, 1.165) is 12.8 Å². The molecule has 0 unspecified atom stereocenters. The molecule has 0 amide bonds. The summed E-state index contributed by atoms with van der Waals surface area (Å²) in [5.74, 6) is -0.316. The molecule has 1 saturated carbocycles. The minimum absolute atomic E-state index is 0.158. The molecule has 0 spiro atoms. The summed E-state index contributed by atoms with van der Waals surface area (Å²) >= 11 is 5.83. The highest BCUT2D eigenvalue weighted by Gasteiger charge is 2.43. The van der Waals surface area contributed by atoms with Gasteiger partial charge in [0.25, 0.3) is 0 Å². The number of aromatic nitrogens is 2. The molecule has 1 heterocycles. The van der Waals surface area contributed by atoms with Gasteiger partial charge in [0.2, 0.25) is 5.28 Å². The number of rotatable bonds is 1. The summed E-state index contributed by atoms with van der Waals surface area (Å²) in [4.78, 5) is 8.19. The summed E-state index contributed by atoms with van der Waals surface area (Å²) in [7, 11) is 0. The molecule has 1 aliphatic carbocycles. The molecule has 1 aromatic carbocycles. The van der Waals surface area contributed by atoms with Crippen LogP contribution < -0.4 is 5.73 Å². The molecule has 2 aromatic rings. The van der Waals surface area contributed by atoms with Crippen LogP contribution in [0, 0.1) is 5.82 Å². The first-order valence-electron chi connectivity index (χ1n) is 5.01. The normalized spacial score (nSPS) is 17.7. The van der Waals surface area contributed by atoms with Crippen LogP contribution in [-0.2, 0) is 5.54 Å². The lowest BCUT2D eigenvalue weighted by molar-refractivity contribution is 0.628. The first kappa shape index (κ1) is 9.93. The fourth-order valence-corrected chi connectivity index (χ4v) is 2.00. The SMILES string of the molecule is NC1(c2nc(Cl)nc3ccc(F)cc23)CC1. The van der Waals surface area contributed by atoms with E-state index in [0.29, 0.717) is 16.6 Å². The van der Waals surface area contributed by atoms with E-state index in [4.69, 9.17) is 17.3 Å². The van der Waals surface area contributed by atoms with E-state index in [2.05, 4.69) is 9.97 Å². The van der Waals surface area contributed by atoms with E-state index in [-0.39, 0.29) is 11.1 Å². The van der Waals surface area contributed by atoms with Gasteiger partial charge < -0.3 is 5.73 Å². The second kappa shape index (κ2) is 3.12. The zero-order valence-electron chi connectivity index (χ0n) is 8.37. The van der Waals surface area contributed by atoms with Gasteiger partial charge in [0.1, 0.15) is 5.82 Å². The summed E-state index contributed by atoms with van der Waals surface area (Å²) in [5, 5.41) is 0.815. The van der Waals surface area contributed by atoms with E-state index in [1.54, 1.807) is 6.07 Å². The summed E-state index contributed by atoms with van der Waals surface area (Å²) in [6.07, 6.45) is 1.71. The van der Waals surface area contributed by atoms with Crippen molar-refractivity contribution in [3.8, 4) is 0 Å². The van der Waals surface area contributed by atoms with Crippen molar-refractivity contribution in [2.24, 2.45) is 5.73 Å². The predicted octanol–water partition coefficient (Wildman–Crippen LogP) is 2.37. The Labute approximate surface area is 96.5 Å². The van der Waals surface area contributed by atoms with Gasteiger partial charge in [-0.15, -0.1) is 0 Å². The maximum absolute atomic E-state index is 13.2. The van der Waals surface area contributed by atoms with E-state index >= 15 is 0 Å². The lowest BCUT2D eigenvalue weighted by Gasteiger charge is -2.11. The molecule has 82 valence electrons. The molecule has 1 aliphatic rings. The smallest absolute Gasteiger partial charge is 0.223 e. The van der Waals surface area contributed by atoms with Crippen LogP contribution in [0.4, 0.5) is 4.39 Å². The number of hydrogen-bond acceptors (Lipinski definition) is 3. The van der Waals surface area contributed by atoms with Crippen LogP contribution in [0.5, 0.6) is 0 Å². The first-order chi connectivity index (χ1) is 7.58. The van der Waals surface area contributed by atoms with Gasteiger partial charge in [-0.25, -0.2) is 14.4 Å². The van der Waals surface area contributed by atoms with Gasteiger partial charge in [-0.3, -0.25) is 0 Å². The van der Waals surface area contributed by atoms with Gasteiger partial charge in [-0.1, -0.05) is 0 Å². The highest BCUT2D eigenvalue weighted by Crippen LogP contribution is 2.44. The third-order valence-corrected chi connectivity index (χ3v) is 3.06. The van der Waals surface area contributed by atoms with Crippen molar-refractivity contribution in [3.05, 3.63) is 35.0 Å². The quantitative estimate of drug-likeness (QED) is 0.775. The maximum atomic E-state index is 13.2. The second-order valence-corrected chi connectivity index (χ2v) is 4.50. The van der Waals surface area contributed by atoms with Gasteiger partial charge in [0.15, 0.2) is 0 Å². The molecule has 3 nitrogen and oxygen atoms in total. The summed E-state index contributed by atoms with van der Waals surface area (Å²) < 4.78 is 13.2. The summed E-state index contributed by atoms with van der Waals surface area (Å²) in [6, 6.07) is 4.35. The number of hydrogen-bond donors (Lipinski definition) is 1. The lowest BCUT2D eigenvalue weighted by Crippen LogP contribution is -2.21. The minimum Gasteiger partial charge on any atom is -0.320 e. The van der Waals surface area contributed by atoms with Gasteiger partial charge in [0, 0.05) is 5.39 Å². The zero-order chi connectivity index (χ0) is 11.3. The number of fused-ring (bicyclic) bond motifs is 1. The predicted molar refractivity (Wildman–Crippen MR) is 59.6 cm³/mol. The maximum Gasteiger partial charge on any atom is 0.223 e. The Morgan fingerprint density at radius 2 is 2.06 bits per heavy atom. The van der Waals surface area contributed by atoms with Crippen molar-refractivity contribution in [2.75, 3.05) is 0 Å². The average molecular weight is 238 g/mol. The van der Waals surface area contributed by atoms with Crippen LogP contribution >= 0.6 is 11.6 Å². The molecule has 16 heavy (non-hydrogen) atoms. The van der Waals surface area contributed by atoms with Gasteiger partial charge in [0.05, 0.1) is 16.7 Å². The van der Waals surface area contributed by atoms with E-state index in [1.165, 1.54) is 12.1 Å². The number of benzene rings is 1. The zero-order valence-corrected chi connectivity index (χ0v) is 9.13. The molecular weight excluding hydrogens is 229 g/mol. The fraction of sp³-hybridized carbons (Fsp3) is 0.273. The van der Waals surface area contributed by atoms with Crippen molar-refractivity contribution in [1.82, 2.24) is 9.97 Å². The number of nitrogens with zero attached hydrogens (tertiary/aromatic N) is 2. The van der Waals surface area contributed by atoms with E-state index in [1.807, 2.05) is 0 Å². The number of halogens is 2. The molecule has 0 atom stereocenters. The molecule has 3 rings (SSSR count). The standard InChI is InChI=1S/C11H9ClFN3/c12-10-15-8-2-1-6(13)5-7(8)9(16-10)11(14)3-4-11/h1-2,5H,3-4,14H2. The Kier molecular flexibility index (Phi) is 1.94. The van der Waals surface area contributed by atoms with Crippen molar-refractivity contribution in [3.63, 3.8) is 0 Å². The van der Waals surface area contributed by atoms with Crippen molar-refractivity contribution in [1.29, 1.82) is 0 Å². The van der Waals surface area contributed by atoms with Crippen LogP contribution in [0.3, 0.4) is 0 Å². The van der Waals surface area contributed by atoms with Gasteiger partial charge in [-0.2, -0.15) is 0 Å². The molecular formula is C11H9ClFN3. The minimum atomic E-state index is -0.446. The fourth-order valence-electron chi connectivity index (χ4n) is 1.82. The van der Waals surface area contributed by atoms with Crippen LogP contribution in [0.2, 0.25) is 5.28 Å². The van der Waals surface area contributed by atoms with Crippen molar-refractivity contribution in [2.45, 2.75) is 18.4 Å². The molecule has 2 N–H and O–H groups in total. The summed E-state index contributed by atoms with van der Waals surface area (Å²) in [5.41, 5.74) is 6.92. The van der Waals surface area contributed by atoms with Crippen molar-refractivity contribution >= 4 is 22.5 Å². The highest BCUT2D eigenvalue weighted by atomic mass is 35.5. The highest BCUT2D eigenvalue weighted by molar-refractivity contribution is 6.28. The Morgan fingerprint density at radius 3 is 2.75 bits per heavy atom. The third kappa shape index (κ3) is 1.45. The average Bonchev–Trinajstić information content (AvgIpc) is 2.97. The Bertz CT molecular complexity index is 581. The monoisotopic (exact) mass is 237 g/mol. The first-order valence-corrected chi connectivity index (χ1v) is 5.38. The largest absolute Gasteiger partial charge is 0.320 e. The lowest BCUT2D eigenvalue weighted by atomic mass is 10.1. The molecule has 0 bridgehead atoms. The number of nitrogens with two attached hydrogens (primary N) is 1. The van der Waals surface area contributed by atoms with Crippen LogP contribution in [0.1, 0.15) is 18.5 Å². The van der Waals surface area contributed by atoms with Gasteiger partial charge in [-0.05, 0) is 42.6 Å². The molecule has 1 fully saturated rings. The molecule has 5 heteroatoms. The van der Waals surface area contributed by atoms with E-state index < -0.39 is 5.54 Å². The Balaban J connectivity index is 2.36. The van der Waals surface area contributed by atoms with Crippen LogP contribution in [0.25, 0.3) is 10.9 Å². The third-order valence-electron chi connectivity index (χ3n) is 2.89. The topological polar surface area (TPSA) is 51.8 Å². The van der Waals surface area contributed by atoms with Crippen LogP contribution in [-0.4, -0.2) is 9.97 Å². The molecule has 0 aliphatic heterocycles. The van der Waals surface area contributed by atoms with Crippen LogP contribution in [0.15, 0.2) is 18.2 Å². The second-order valence-electron chi connectivity index (χ2n) is 4.16. The summed E-state index contributed by atoms with van der Waals surface area (Å²) in [6.45, 7) is 0. The van der Waals surface area contributed by atoms with Gasteiger partial charge >= 0.3 is 0 Å². The molecule has 0 saturated heterocycles. The van der Waals surface area contributed by atoms with E-state index in [9.17, 15) is 4.39 Å². The Hall–Kier alpha value is -1.26. The molecule has 1 aromatic heterocycles. The van der Waals surface area contributed by atoms with Crippen molar-refractivity contribution < 1.29 is 4.39 Å². The molecule has 0 radical (unpaired) electrons.